The van der Waals surface area contributed by atoms with Crippen LogP contribution in [0.2, 0.25) is 0 Å². The Bertz CT molecular complexity index is 524. The van der Waals surface area contributed by atoms with Crippen molar-refractivity contribution in [3.05, 3.63) is 33.7 Å². The minimum Gasteiger partial charge on any atom is -0.477 e. The van der Waals surface area contributed by atoms with E-state index >= 15 is 0 Å². The number of esters is 1. The van der Waals surface area contributed by atoms with Crippen LogP contribution in [-0.2, 0) is 16.0 Å². The van der Waals surface area contributed by atoms with Gasteiger partial charge in [-0.2, -0.15) is 0 Å². The predicted octanol–water partition coefficient (Wildman–Crippen LogP) is 0.957. The van der Waals surface area contributed by atoms with Gasteiger partial charge in [-0.15, -0.1) is 0 Å². The summed E-state index contributed by atoms with van der Waals surface area (Å²) < 4.78 is 5.08. The molecule has 0 aliphatic heterocycles. The average molecular weight is 253 g/mol. The third-order valence-electron chi connectivity index (χ3n) is 1.90. The molecule has 6 heteroatoms. The first-order chi connectivity index (χ1) is 8.17. The van der Waals surface area contributed by atoms with Crippen molar-refractivity contribution in [2.45, 2.75) is 32.8 Å². The van der Waals surface area contributed by atoms with E-state index in [1.807, 2.05) is 0 Å². The number of nitrogens with one attached hydrogen (secondary N) is 1. The number of carbonyl (C=O) groups is 2. The molecule has 1 aromatic rings. The molecule has 0 spiro atoms. The lowest BCUT2D eigenvalue weighted by Gasteiger charge is -2.19. The average Bonchev–Trinajstić information content (AvgIpc) is 2.12. The zero-order valence-electron chi connectivity index (χ0n) is 10.4. The van der Waals surface area contributed by atoms with Crippen molar-refractivity contribution in [2.75, 3.05) is 0 Å². The van der Waals surface area contributed by atoms with Crippen LogP contribution in [0.25, 0.3) is 0 Å². The van der Waals surface area contributed by atoms with E-state index in [1.165, 1.54) is 12.1 Å². The molecule has 0 amide bonds. The molecular formula is C12H15NO5. The van der Waals surface area contributed by atoms with Crippen LogP contribution in [0.3, 0.4) is 0 Å². The van der Waals surface area contributed by atoms with Gasteiger partial charge in [0.25, 0.3) is 0 Å². The van der Waals surface area contributed by atoms with Crippen molar-refractivity contribution in [1.82, 2.24) is 4.98 Å². The van der Waals surface area contributed by atoms with Gasteiger partial charge in [0.2, 0.25) is 5.56 Å². The molecule has 0 unspecified atom stereocenters. The molecule has 0 aliphatic rings. The van der Waals surface area contributed by atoms with E-state index in [0.29, 0.717) is 5.56 Å². The Morgan fingerprint density at radius 2 is 1.94 bits per heavy atom. The van der Waals surface area contributed by atoms with Gasteiger partial charge < -0.3 is 14.8 Å². The van der Waals surface area contributed by atoms with Gasteiger partial charge in [-0.1, -0.05) is 0 Å². The van der Waals surface area contributed by atoms with E-state index in [1.54, 1.807) is 20.8 Å². The number of aromatic carboxylic acids is 1. The van der Waals surface area contributed by atoms with E-state index < -0.39 is 23.1 Å². The molecule has 0 fully saturated rings. The summed E-state index contributed by atoms with van der Waals surface area (Å²) in [4.78, 5) is 35.6. The Labute approximate surface area is 104 Å². The summed E-state index contributed by atoms with van der Waals surface area (Å²) in [5.74, 6) is -1.76. The quantitative estimate of drug-likeness (QED) is 0.782. The molecule has 98 valence electrons. The Balaban J connectivity index is 2.88. The minimum absolute atomic E-state index is 0.137. The summed E-state index contributed by atoms with van der Waals surface area (Å²) in [6, 6.07) is 2.42. The first kappa shape index (κ1) is 14.0. The summed E-state index contributed by atoms with van der Waals surface area (Å²) in [7, 11) is 0. The van der Waals surface area contributed by atoms with Crippen molar-refractivity contribution >= 4 is 11.9 Å². The lowest BCUT2D eigenvalue weighted by Crippen LogP contribution is -2.25. The highest BCUT2D eigenvalue weighted by Crippen LogP contribution is 2.09. The second-order valence-electron chi connectivity index (χ2n) is 4.83. The van der Waals surface area contributed by atoms with Crippen LogP contribution in [-0.4, -0.2) is 27.6 Å². The third-order valence-corrected chi connectivity index (χ3v) is 1.90. The van der Waals surface area contributed by atoms with Crippen molar-refractivity contribution in [3.63, 3.8) is 0 Å². The third kappa shape index (κ3) is 4.40. The smallest absolute Gasteiger partial charge is 0.352 e. The maximum atomic E-state index is 11.5. The van der Waals surface area contributed by atoms with Crippen LogP contribution in [0.1, 0.15) is 36.8 Å². The SMILES string of the molecule is CC(C)(C)OC(=O)Cc1cc(C(=O)O)[nH]c(=O)c1. The number of pyridine rings is 1. The van der Waals surface area contributed by atoms with Gasteiger partial charge in [-0.3, -0.25) is 9.59 Å². The fraction of sp³-hybridized carbons (Fsp3) is 0.417. The molecule has 1 rings (SSSR count). The molecule has 0 bridgehead atoms. The predicted molar refractivity (Wildman–Crippen MR) is 63.6 cm³/mol. The summed E-state index contributed by atoms with van der Waals surface area (Å²) in [6.45, 7) is 5.18. The number of carboxylic acid groups (broad SMARTS) is 1. The zero-order valence-corrected chi connectivity index (χ0v) is 10.4. The second kappa shape index (κ2) is 5.03. The van der Waals surface area contributed by atoms with Gasteiger partial charge in [-0.25, -0.2) is 4.79 Å². The first-order valence-electron chi connectivity index (χ1n) is 5.36. The maximum Gasteiger partial charge on any atom is 0.352 e. The highest BCUT2D eigenvalue weighted by molar-refractivity contribution is 5.85. The monoisotopic (exact) mass is 253 g/mol. The highest BCUT2D eigenvalue weighted by atomic mass is 16.6. The van der Waals surface area contributed by atoms with Crippen molar-refractivity contribution < 1.29 is 19.4 Å². The normalized spacial score (nSPS) is 11.1. The Hall–Kier alpha value is -2.11. The van der Waals surface area contributed by atoms with Gasteiger partial charge >= 0.3 is 11.9 Å². The van der Waals surface area contributed by atoms with Crippen LogP contribution in [0.4, 0.5) is 0 Å². The summed E-state index contributed by atoms with van der Waals surface area (Å²) in [5, 5.41) is 8.77. The van der Waals surface area contributed by atoms with Gasteiger partial charge in [0.1, 0.15) is 11.3 Å². The van der Waals surface area contributed by atoms with Crippen LogP contribution in [0, 0.1) is 0 Å². The molecule has 18 heavy (non-hydrogen) atoms. The van der Waals surface area contributed by atoms with E-state index in [4.69, 9.17) is 9.84 Å². The molecule has 1 aromatic heterocycles. The molecule has 6 nitrogen and oxygen atoms in total. The van der Waals surface area contributed by atoms with E-state index in [0.717, 1.165) is 0 Å². The molecule has 0 aromatic carbocycles. The van der Waals surface area contributed by atoms with E-state index in [-0.39, 0.29) is 12.1 Å². The first-order valence-corrected chi connectivity index (χ1v) is 5.36. The highest BCUT2D eigenvalue weighted by Gasteiger charge is 2.17. The molecule has 1 heterocycles. The second-order valence-corrected chi connectivity index (χ2v) is 4.83. The molecule has 0 saturated heterocycles. The fourth-order valence-electron chi connectivity index (χ4n) is 1.36. The van der Waals surface area contributed by atoms with Crippen molar-refractivity contribution in [2.24, 2.45) is 0 Å². The summed E-state index contributed by atoms with van der Waals surface area (Å²) >= 11 is 0. The Kier molecular flexibility index (Phi) is 3.90. The van der Waals surface area contributed by atoms with Gasteiger partial charge in [-0.05, 0) is 32.4 Å². The van der Waals surface area contributed by atoms with Crippen LogP contribution < -0.4 is 5.56 Å². The van der Waals surface area contributed by atoms with Crippen LogP contribution in [0.5, 0.6) is 0 Å². The Morgan fingerprint density at radius 1 is 1.33 bits per heavy atom. The van der Waals surface area contributed by atoms with Crippen LogP contribution in [0.15, 0.2) is 16.9 Å². The number of rotatable bonds is 3. The zero-order chi connectivity index (χ0) is 13.9. The lowest BCUT2D eigenvalue weighted by molar-refractivity contribution is -0.153. The van der Waals surface area contributed by atoms with Crippen LogP contribution >= 0.6 is 0 Å². The number of carbonyl (C=O) groups excluding carboxylic acids is 1. The number of carboxylic acids is 1. The summed E-state index contributed by atoms with van der Waals surface area (Å²) in [5.41, 5.74) is -1.12. The molecule has 0 atom stereocenters. The van der Waals surface area contributed by atoms with E-state index in [9.17, 15) is 14.4 Å². The van der Waals surface area contributed by atoms with E-state index in [2.05, 4.69) is 4.98 Å². The Morgan fingerprint density at radius 3 is 2.44 bits per heavy atom. The molecule has 0 aliphatic carbocycles. The van der Waals surface area contributed by atoms with Gasteiger partial charge in [0.15, 0.2) is 0 Å². The maximum absolute atomic E-state index is 11.5. The lowest BCUT2D eigenvalue weighted by atomic mass is 10.1. The van der Waals surface area contributed by atoms with Crippen molar-refractivity contribution in [1.29, 1.82) is 0 Å². The number of H-pyrrole nitrogens is 1. The minimum atomic E-state index is -1.25. The topological polar surface area (TPSA) is 96.5 Å². The fourth-order valence-corrected chi connectivity index (χ4v) is 1.36. The molecule has 0 saturated carbocycles. The van der Waals surface area contributed by atoms with Gasteiger partial charge in [0, 0.05) is 6.07 Å². The van der Waals surface area contributed by atoms with Crippen molar-refractivity contribution in [3.8, 4) is 0 Å². The van der Waals surface area contributed by atoms with Gasteiger partial charge in [0.05, 0.1) is 6.42 Å². The standard InChI is InChI=1S/C12H15NO5/c1-12(2,3)18-10(15)6-7-4-8(11(16)17)13-9(14)5-7/h4-5H,6H2,1-3H3,(H,13,14)(H,16,17). The number of ether oxygens (including phenoxy) is 1. The number of aromatic nitrogens is 1. The number of hydrogen-bond acceptors (Lipinski definition) is 4. The molecule has 0 radical (unpaired) electrons. The largest absolute Gasteiger partial charge is 0.477 e. The molecular weight excluding hydrogens is 238 g/mol. The summed E-state index contributed by atoms with van der Waals surface area (Å²) in [6.07, 6.45) is -0.137. The number of aromatic amines is 1. The number of hydrogen-bond donors (Lipinski definition) is 2. The molecule has 2 N–H and O–H groups in total.